The molecule has 3 aromatic heterocycles. The zero-order valence-electron chi connectivity index (χ0n) is 34.7. The fourth-order valence-electron chi connectivity index (χ4n) is 6.00. The van der Waals surface area contributed by atoms with E-state index in [9.17, 15) is 0 Å². The Labute approximate surface area is 329 Å². The molecule has 7 aromatic rings. The van der Waals surface area contributed by atoms with Gasteiger partial charge >= 0.3 is 0 Å². The molecule has 263 valence electrons. The van der Waals surface area contributed by atoms with E-state index >= 15 is 0 Å². The van der Waals surface area contributed by atoms with Gasteiger partial charge in [0.15, 0.2) is 0 Å². The predicted octanol–water partition coefficient (Wildman–Crippen LogP) is 12.5. The molecule has 0 saturated carbocycles. The molecule has 0 bridgehead atoms. The minimum absolute atomic E-state index is 0. The second kappa shape index (κ2) is 16.3. The van der Waals surface area contributed by atoms with Gasteiger partial charge in [-0.25, -0.2) is 0 Å². The van der Waals surface area contributed by atoms with Crippen molar-refractivity contribution in [3.05, 3.63) is 139 Å². The number of hydrogen-bond acceptors (Lipinski definition) is 3. The van der Waals surface area contributed by atoms with Crippen molar-refractivity contribution in [1.29, 1.82) is 0 Å². The molecule has 0 atom stereocenters. The Bertz CT molecular complexity index is 2400. The number of hydrogen-bond donors (Lipinski definition) is 0. The van der Waals surface area contributed by atoms with Gasteiger partial charge in [0.2, 0.25) is 0 Å². The van der Waals surface area contributed by atoms with Crippen LogP contribution < -0.4 is 5.19 Å². The topological polar surface area (TPSA) is 25.8 Å². The van der Waals surface area contributed by atoms with Crippen LogP contribution in [0, 0.1) is 23.5 Å². The average Bonchev–Trinajstić information content (AvgIpc) is 3.53. The van der Waals surface area contributed by atoms with Crippen LogP contribution in [0.15, 0.2) is 116 Å². The minimum atomic E-state index is -1.67. The van der Waals surface area contributed by atoms with Gasteiger partial charge in [-0.1, -0.05) is 125 Å². The van der Waals surface area contributed by atoms with E-state index in [1.165, 1.54) is 26.6 Å². The second-order valence-corrected chi connectivity index (χ2v) is 21.1. The summed E-state index contributed by atoms with van der Waals surface area (Å²) in [6, 6.07) is 41.0. The molecule has 0 fully saturated rings. The number of benzene rings is 4. The monoisotopic (exact) mass is 885 g/mol. The van der Waals surface area contributed by atoms with Crippen LogP contribution >= 0.6 is 11.3 Å². The van der Waals surface area contributed by atoms with E-state index in [2.05, 4.69) is 90.3 Å². The van der Waals surface area contributed by atoms with Crippen molar-refractivity contribution in [3.8, 4) is 33.6 Å². The molecule has 1 radical (unpaired) electrons. The smallest absolute Gasteiger partial charge is 0.0798 e. The van der Waals surface area contributed by atoms with Crippen LogP contribution in [0.5, 0.6) is 0 Å². The quantitative estimate of drug-likeness (QED) is 0.118. The third-order valence-corrected chi connectivity index (χ3v) is 11.4. The number of aromatic nitrogens is 2. The van der Waals surface area contributed by atoms with Gasteiger partial charge in [-0.05, 0) is 74.0 Å². The number of pyridine rings is 2. The number of fused-ring (bicyclic) bond motifs is 3. The molecule has 0 unspecified atom stereocenters. The maximum absolute atomic E-state index is 8.67. The fourth-order valence-corrected chi connectivity index (χ4v) is 8.65. The maximum Gasteiger partial charge on any atom is 0.0798 e. The molecular formula is C46H48IrN2SSi-2. The second-order valence-electron chi connectivity index (χ2n) is 15.0. The molecule has 4 aromatic carbocycles. The van der Waals surface area contributed by atoms with E-state index in [0.717, 1.165) is 38.0 Å². The largest absolute Gasteiger partial charge is 0.305 e. The molecular weight excluding hydrogens is 833 g/mol. The van der Waals surface area contributed by atoms with Crippen LogP contribution in [0.2, 0.25) is 19.6 Å². The van der Waals surface area contributed by atoms with Crippen molar-refractivity contribution in [2.24, 2.45) is 11.3 Å². The molecule has 0 N–H and O–H groups in total. The number of thiophene rings is 1. The maximum atomic E-state index is 8.67. The van der Waals surface area contributed by atoms with Crippen molar-refractivity contribution in [2.75, 3.05) is 0 Å². The molecule has 51 heavy (non-hydrogen) atoms. The van der Waals surface area contributed by atoms with Crippen LogP contribution in [0.25, 0.3) is 53.8 Å². The Balaban J connectivity index is 0.000000222. The number of rotatable bonds is 7. The van der Waals surface area contributed by atoms with Gasteiger partial charge in [0.05, 0.1) is 8.07 Å². The summed E-state index contributed by atoms with van der Waals surface area (Å²) in [5, 5.41) is 3.51. The van der Waals surface area contributed by atoms with Crippen molar-refractivity contribution in [2.45, 2.75) is 67.0 Å². The Morgan fingerprint density at radius 1 is 0.784 bits per heavy atom. The molecule has 2 nitrogen and oxygen atoms in total. The third kappa shape index (κ3) is 9.58. The summed E-state index contributed by atoms with van der Waals surface area (Å²) < 4.78 is 36.8. The zero-order valence-corrected chi connectivity index (χ0v) is 34.9. The van der Waals surface area contributed by atoms with E-state index in [0.29, 0.717) is 5.56 Å². The van der Waals surface area contributed by atoms with Crippen molar-refractivity contribution >= 4 is 44.8 Å². The summed E-state index contributed by atoms with van der Waals surface area (Å²) in [6.07, 6.45) is 0.769. The molecule has 0 aliphatic heterocycles. The van der Waals surface area contributed by atoms with Crippen LogP contribution in [0.4, 0.5) is 0 Å². The van der Waals surface area contributed by atoms with Gasteiger partial charge in [0.25, 0.3) is 0 Å². The van der Waals surface area contributed by atoms with Crippen molar-refractivity contribution < 1.29 is 25.6 Å². The molecule has 3 heterocycles. The summed E-state index contributed by atoms with van der Waals surface area (Å²) in [5.41, 5.74) is 6.72. The Morgan fingerprint density at radius 2 is 1.55 bits per heavy atom. The van der Waals surface area contributed by atoms with E-state index < -0.39 is 26.2 Å². The molecule has 0 aliphatic rings. The van der Waals surface area contributed by atoms with E-state index in [4.69, 9.17) is 5.48 Å². The Hall–Kier alpha value is -3.73. The first-order valence-corrected chi connectivity index (χ1v) is 21.6. The Morgan fingerprint density at radius 3 is 2.24 bits per heavy atom. The van der Waals surface area contributed by atoms with Gasteiger partial charge in [0, 0.05) is 42.7 Å². The van der Waals surface area contributed by atoms with E-state index in [1.54, 1.807) is 23.6 Å². The van der Waals surface area contributed by atoms with E-state index in [-0.39, 0.29) is 26.0 Å². The standard InChI is InChI=1S/C28H24NS.C18H24NSi.Ir/c1-28(2,3)18-19-14-15-29-25(16-19)24-11-7-10-23-22-13-12-21(17-26(22)30-27(23)24)20-8-5-4-6-9-20;1-14(2)11-16-12-17(15-9-7-6-8-10-15)19-13-18(16)20(3,4)5;/h4-10,12-17H,18H2,1-3H3;6-9,12-14H,11H2,1-5H3;/q2*-1;/i18D2;11D2;. The first kappa shape index (κ1) is 33.1. The Kier molecular flexibility index (Phi) is 10.6. The van der Waals surface area contributed by atoms with Crippen LogP contribution in [0.3, 0.4) is 0 Å². The fraction of sp³-hybridized carbons (Fsp3) is 0.261. The summed E-state index contributed by atoms with van der Waals surface area (Å²) in [6.45, 7) is 16.4. The van der Waals surface area contributed by atoms with Gasteiger partial charge in [-0.15, -0.1) is 59.7 Å². The minimum Gasteiger partial charge on any atom is -0.305 e. The van der Waals surface area contributed by atoms with Gasteiger partial charge < -0.3 is 9.97 Å². The molecule has 0 amide bonds. The third-order valence-electron chi connectivity index (χ3n) is 8.22. The molecule has 0 aliphatic carbocycles. The predicted molar refractivity (Wildman–Crippen MR) is 220 cm³/mol. The molecule has 0 saturated heterocycles. The summed E-state index contributed by atoms with van der Waals surface area (Å²) in [5.74, 6) is -0.0856. The van der Waals surface area contributed by atoms with Gasteiger partial charge in [0.1, 0.15) is 0 Å². The summed E-state index contributed by atoms with van der Waals surface area (Å²) in [4.78, 5) is 9.19. The molecule has 7 rings (SSSR count). The van der Waals surface area contributed by atoms with Crippen LogP contribution in [-0.2, 0) is 32.9 Å². The molecule has 5 heteroatoms. The summed E-state index contributed by atoms with van der Waals surface area (Å²) in [7, 11) is -1.67. The SMILES string of the molecule is [2H]C([2H])(c1cc(-c2[c-]cccc2)ncc1[Si](C)(C)C)C(C)C.[2H]C([2H])(c1ccnc(-c2[c-]ccc3c2sc2cc(-c4ccccc4)ccc23)c1)C(C)(C)C.[Ir]. The van der Waals surface area contributed by atoms with Crippen molar-refractivity contribution in [3.63, 3.8) is 0 Å². The van der Waals surface area contributed by atoms with Crippen LogP contribution in [0.1, 0.15) is 51.2 Å². The first-order valence-electron chi connectivity index (χ1n) is 19.3. The van der Waals surface area contributed by atoms with Crippen molar-refractivity contribution in [1.82, 2.24) is 9.97 Å². The average molecular weight is 885 g/mol. The zero-order chi connectivity index (χ0) is 39.1. The first-order chi connectivity index (χ1) is 25.4. The number of nitrogens with zero attached hydrogens (tertiary/aromatic N) is 2. The summed E-state index contributed by atoms with van der Waals surface area (Å²) >= 11 is 1.75. The van der Waals surface area contributed by atoms with Gasteiger partial charge in [-0.2, -0.15) is 11.3 Å². The normalized spacial score (nSPS) is 13.4. The van der Waals surface area contributed by atoms with Crippen LogP contribution in [-0.4, -0.2) is 18.0 Å². The van der Waals surface area contributed by atoms with E-state index in [1.807, 2.05) is 89.3 Å². The van der Waals surface area contributed by atoms with Gasteiger partial charge in [-0.3, -0.25) is 0 Å². The molecule has 0 spiro atoms.